The molecule has 0 spiro atoms. The average Bonchev–Trinajstić information content (AvgIpc) is 1.63. The number of hydrogen-bond acceptors (Lipinski definition) is 1. The molecule has 0 aromatic rings. The normalized spacial score (nSPS) is 7.90. The van der Waals surface area contributed by atoms with E-state index in [0.717, 1.165) is 0 Å². The topological polar surface area (TPSA) is 107 Å². The van der Waals surface area contributed by atoms with Gasteiger partial charge in [-0.15, -0.1) is 0 Å². The van der Waals surface area contributed by atoms with E-state index in [1.54, 1.807) is 0 Å². The Morgan fingerprint density at radius 2 is 1.40 bits per heavy atom. The molecule has 0 saturated carbocycles. The van der Waals surface area contributed by atoms with Crippen LogP contribution in [0.2, 0.25) is 14.8 Å². The molecule has 0 atom stereocenters. The van der Waals surface area contributed by atoms with Crippen molar-refractivity contribution in [2.75, 3.05) is 0 Å². The molecule has 0 aliphatic rings. The van der Waals surface area contributed by atoms with Crippen LogP contribution in [-0.4, -0.2) is 18.7 Å². The molecule has 0 unspecified atom stereocenters. The van der Waals surface area contributed by atoms with Crippen molar-refractivity contribution in [1.29, 1.82) is 0 Å². The largest absolute Gasteiger partial charge is 0.373 e. The summed E-state index contributed by atoms with van der Waals surface area (Å²) in [5.41, 5.74) is 21.4. The Bertz CT molecular complexity index is 156. The van der Waals surface area contributed by atoms with Crippen molar-refractivity contribution in [2.45, 2.75) is 14.8 Å². The first kappa shape index (κ1) is 12.1. The van der Waals surface area contributed by atoms with Crippen molar-refractivity contribution >= 4 is 18.7 Å². The third kappa shape index (κ3) is 26.2. The molecule has 0 aliphatic carbocycles. The van der Waals surface area contributed by atoms with Gasteiger partial charge in [-0.2, -0.15) is 0 Å². The van der Waals surface area contributed by atoms with E-state index in [-0.39, 0.29) is 0 Å². The van der Waals surface area contributed by atoms with Crippen LogP contribution in [0.1, 0.15) is 0 Å². The summed E-state index contributed by atoms with van der Waals surface area (Å²) in [5.74, 6) is 0. The van der Waals surface area contributed by atoms with Crippen LogP contribution in [0.5, 0.6) is 0 Å². The minimum Gasteiger partial charge on any atom is -0.373 e. The van der Waals surface area contributed by atoms with Gasteiger partial charge in [0.2, 0.25) is 0 Å². The van der Waals surface area contributed by atoms with E-state index < -0.39 is 18.7 Å². The van der Waals surface area contributed by atoms with Crippen molar-refractivity contribution in [2.24, 2.45) is 3.34 Å². The van der Waals surface area contributed by atoms with Gasteiger partial charge in [-0.25, -0.2) is 0 Å². The van der Waals surface area contributed by atoms with Gasteiger partial charge in [-0.1, -0.05) is 0 Å². The predicted molar refractivity (Wildman–Crippen MR) is 42.6 cm³/mol. The van der Waals surface area contributed by atoms with E-state index in [4.69, 9.17) is 16.6 Å². The minimum absolute atomic E-state index is 1.50. The van der Waals surface area contributed by atoms with Crippen molar-refractivity contribution < 1.29 is 0 Å². The van der Waals surface area contributed by atoms with Crippen LogP contribution in [0.25, 0.3) is 26.4 Å². The molecular weight excluding hydrogens is 239 g/mol. The summed E-state index contributed by atoms with van der Waals surface area (Å²) < 4.78 is 3.65. The predicted octanol–water partition coefficient (Wildman–Crippen LogP) is 3.00. The van der Waals surface area contributed by atoms with Crippen LogP contribution < -0.4 is 0 Å². The van der Waals surface area contributed by atoms with Crippen LogP contribution in [0.4, 0.5) is 0 Å². The summed E-state index contributed by atoms with van der Waals surface area (Å²) in [6.45, 7) is 0. The Morgan fingerprint density at radius 3 is 1.40 bits per heavy atom. The Labute approximate surface area is 63.5 Å². The van der Waals surface area contributed by atoms with Gasteiger partial charge in [-0.05, 0) is 0 Å². The molecule has 0 aromatic heterocycles. The minimum atomic E-state index is -2.07. The smallest absolute Gasteiger partial charge is 0.255 e. The first-order chi connectivity index (χ1) is 4.47. The fourth-order valence-corrected chi connectivity index (χ4v) is 0.900. The molecule has 0 amide bonds. The third-order valence-corrected chi connectivity index (χ3v) is 2.31. The average molecular weight is 248 g/mol. The van der Waals surface area contributed by atoms with E-state index in [0.29, 0.717) is 0 Å². The summed E-state index contributed by atoms with van der Waals surface area (Å²) in [6, 6.07) is 0. The van der Waals surface area contributed by atoms with E-state index in [2.05, 4.69) is 23.1 Å². The number of rotatable bonds is 1. The molecule has 10 heavy (non-hydrogen) atoms. The maximum atomic E-state index is 7.91. The van der Waals surface area contributed by atoms with Crippen LogP contribution in [-0.2, 0) is 0 Å². The molecule has 6 nitrogen and oxygen atoms in total. The van der Waals surface area contributed by atoms with Gasteiger partial charge in [0.25, 0.3) is 0 Å². The molecule has 0 aromatic carbocycles. The molecular formula is C3H9N6Sn-. The number of hydrogen-bond donors (Lipinski definition) is 0. The molecule has 0 radical (unpaired) electrons. The van der Waals surface area contributed by atoms with E-state index in [9.17, 15) is 0 Å². The van der Waals surface area contributed by atoms with Gasteiger partial charge < -0.3 is 11.1 Å². The molecule has 0 fully saturated rings. The monoisotopic (exact) mass is 249 g/mol. The van der Waals surface area contributed by atoms with Crippen LogP contribution in [0.15, 0.2) is 3.34 Å². The van der Waals surface area contributed by atoms with Gasteiger partial charge in [-0.3, -0.25) is 4.91 Å². The van der Waals surface area contributed by atoms with Crippen molar-refractivity contribution in [3.63, 3.8) is 0 Å². The van der Waals surface area contributed by atoms with E-state index in [1.165, 1.54) is 4.91 Å². The van der Waals surface area contributed by atoms with E-state index >= 15 is 0 Å². The maximum Gasteiger partial charge on any atom is -0.255 e. The first-order valence-corrected chi connectivity index (χ1v) is 12.4. The summed E-state index contributed by atoms with van der Waals surface area (Å²) in [6.07, 6.45) is 0. The summed E-state index contributed by atoms with van der Waals surface area (Å²) in [7, 11) is 0. The summed E-state index contributed by atoms with van der Waals surface area (Å²) >= 11 is -2.07. The molecule has 0 heterocycles. The first-order valence-electron chi connectivity index (χ1n) is 2.52. The molecule has 56 valence electrons. The molecule has 0 N–H and O–H groups in total. The maximum absolute atomic E-state index is 7.91. The second kappa shape index (κ2) is 6.54. The summed E-state index contributed by atoms with van der Waals surface area (Å²) in [5, 5.41) is 0. The van der Waals surface area contributed by atoms with Crippen LogP contribution in [0, 0.1) is 0 Å². The quantitative estimate of drug-likeness (QED) is 0.294. The van der Waals surface area contributed by atoms with Crippen LogP contribution in [0.3, 0.4) is 0 Å². The second-order valence-electron chi connectivity index (χ2n) is 2.45. The molecule has 0 saturated heterocycles. The van der Waals surface area contributed by atoms with Crippen LogP contribution >= 0.6 is 0 Å². The van der Waals surface area contributed by atoms with Crippen molar-refractivity contribution in [1.82, 2.24) is 0 Å². The van der Waals surface area contributed by atoms with E-state index in [1.807, 2.05) is 0 Å². The van der Waals surface area contributed by atoms with Gasteiger partial charge >= 0.3 is 47.2 Å². The second-order valence-corrected chi connectivity index (χ2v) is 15.4. The van der Waals surface area contributed by atoms with Crippen molar-refractivity contribution in [3.8, 4) is 0 Å². The fourth-order valence-electron chi connectivity index (χ4n) is 0.134. The van der Waals surface area contributed by atoms with Gasteiger partial charge in [0.05, 0.1) is 0 Å². The zero-order valence-electron chi connectivity index (χ0n) is 6.18. The Kier molecular flexibility index (Phi) is 7.93. The Balaban J connectivity index is 0. The summed E-state index contributed by atoms with van der Waals surface area (Å²) in [4.78, 5) is 10.4. The van der Waals surface area contributed by atoms with Crippen molar-refractivity contribution in [3.05, 3.63) is 26.4 Å². The standard InChI is InChI=1S/3CH3.2N3.Sn/c;;;2*1-3-2;/h3*1H3;;;/q;;;2*-1;+1. The SMILES string of the molecule is [CH3][Sn]([CH3])([CH3])[N]=[N+]=[N-].[N-]=[N+]=[N-]. The molecule has 7 heteroatoms. The van der Waals surface area contributed by atoms with Gasteiger partial charge in [0.15, 0.2) is 0 Å². The molecule has 0 bridgehead atoms. The Hall–Kier alpha value is -0.581. The zero-order valence-corrected chi connectivity index (χ0v) is 9.04. The van der Waals surface area contributed by atoms with Gasteiger partial charge in [0, 0.05) is 0 Å². The zero-order chi connectivity index (χ0) is 8.62. The Morgan fingerprint density at radius 1 is 1.10 bits per heavy atom. The third-order valence-electron chi connectivity index (χ3n) is 0.345. The molecule has 0 aliphatic heterocycles. The number of azide groups is 1. The van der Waals surface area contributed by atoms with Gasteiger partial charge in [0.1, 0.15) is 0 Å². The molecule has 0 rings (SSSR count). The fraction of sp³-hybridized carbons (Fsp3) is 1.00. The number of nitrogens with zero attached hydrogens (tertiary/aromatic N) is 6.